The number of thiophene rings is 1. The highest BCUT2D eigenvalue weighted by Gasteiger charge is 2.19. The lowest BCUT2D eigenvalue weighted by Gasteiger charge is -2.03. The van der Waals surface area contributed by atoms with Crippen molar-refractivity contribution in [1.29, 1.82) is 0 Å². The lowest BCUT2D eigenvalue weighted by atomic mass is 10.2. The van der Waals surface area contributed by atoms with Crippen molar-refractivity contribution in [2.24, 2.45) is 7.05 Å². The van der Waals surface area contributed by atoms with Crippen LogP contribution in [0.5, 0.6) is 0 Å². The van der Waals surface area contributed by atoms with Gasteiger partial charge in [-0.25, -0.2) is 4.98 Å². The van der Waals surface area contributed by atoms with Gasteiger partial charge in [0.2, 0.25) is 0 Å². The molecule has 0 aliphatic carbocycles. The monoisotopic (exact) mass is 309 g/mol. The summed E-state index contributed by atoms with van der Waals surface area (Å²) >= 11 is 1.27. The lowest BCUT2D eigenvalue weighted by Crippen LogP contribution is -2.25. The van der Waals surface area contributed by atoms with Gasteiger partial charge in [-0.1, -0.05) is 0 Å². The zero-order valence-electron chi connectivity index (χ0n) is 12.6. The molecule has 0 radical (unpaired) electrons. The van der Waals surface area contributed by atoms with Gasteiger partial charge in [-0.15, -0.1) is 11.3 Å². The fourth-order valence-corrected chi connectivity index (χ4v) is 3.21. The zero-order valence-corrected chi connectivity index (χ0v) is 13.5. The molecule has 0 saturated heterocycles. The number of aryl methyl sites for hydroxylation is 2. The Morgan fingerprint density at radius 2 is 2.14 bits per heavy atom. The Morgan fingerprint density at radius 1 is 1.43 bits per heavy atom. The molecule has 7 heteroatoms. The fourth-order valence-electron chi connectivity index (χ4n) is 2.08. The van der Waals surface area contributed by atoms with Gasteiger partial charge >= 0.3 is 0 Å². The first kappa shape index (κ1) is 15.7. The van der Waals surface area contributed by atoms with E-state index in [0.717, 1.165) is 6.42 Å². The van der Waals surface area contributed by atoms with Crippen molar-refractivity contribution in [3.8, 4) is 0 Å². The Morgan fingerprint density at radius 3 is 2.81 bits per heavy atom. The molecule has 2 rings (SSSR count). The number of amides is 1. The maximum Gasteiger partial charge on any atom is 0.262 e. The van der Waals surface area contributed by atoms with Crippen LogP contribution in [0.2, 0.25) is 0 Å². The van der Waals surface area contributed by atoms with E-state index in [1.165, 1.54) is 15.9 Å². The molecule has 21 heavy (non-hydrogen) atoms. The molecule has 2 aromatic rings. The topological polar surface area (TPSA) is 73.2 Å². The predicted octanol–water partition coefficient (Wildman–Crippen LogP) is 1.38. The molecule has 114 valence electrons. The molecule has 0 saturated carbocycles. The highest BCUT2D eigenvalue weighted by atomic mass is 32.1. The van der Waals surface area contributed by atoms with Crippen LogP contribution >= 0.6 is 11.3 Å². The molecule has 1 N–H and O–H groups in total. The Bertz CT molecular complexity index is 733. The van der Waals surface area contributed by atoms with Gasteiger partial charge in [0.15, 0.2) is 0 Å². The van der Waals surface area contributed by atoms with Gasteiger partial charge in [0.25, 0.3) is 11.5 Å². The molecule has 0 atom stereocenters. The molecule has 0 aromatic carbocycles. The number of carbonyl (C=O) groups is 1. The quantitative estimate of drug-likeness (QED) is 0.847. The van der Waals surface area contributed by atoms with Crippen LogP contribution in [0.1, 0.15) is 27.5 Å². The fraction of sp³-hybridized carbons (Fsp3) is 0.500. The molecule has 2 aromatic heterocycles. The van der Waals surface area contributed by atoms with Crippen molar-refractivity contribution in [2.75, 3.05) is 20.3 Å². The van der Waals surface area contributed by atoms with Gasteiger partial charge in [0.1, 0.15) is 10.7 Å². The molecule has 0 aliphatic heterocycles. The molecule has 0 aliphatic rings. The van der Waals surface area contributed by atoms with Crippen molar-refractivity contribution in [1.82, 2.24) is 14.9 Å². The second kappa shape index (κ2) is 6.36. The Labute approximate surface area is 126 Å². The zero-order chi connectivity index (χ0) is 15.6. The number of hydrogen-bond donors (Lipinski definition) is 1. The van der Waals surface area contributed by atoms with E-state index in [9.17, 15) is 9.59 Å². The van der Waals surface area contributed by atoms with Crippen LogP contribution in [0, 0.1) is 13.8 Å². The van der Waals surface area contributed by atoms with E-state index < -0.39 is 0 Å². The first-order chi connectivity index (χ1) is 9.97. The minimum absolute atomic E-state index is 0.107. The van der Waals surface area contributed by atoms with Crippen LogP contribution in [0.4, 0.5) is 0 Å². The maximum absolute atomic E-state index is 12.3. The summed E-state index contributed by atoms with van der Waals surface area (Å²) in [6.45, 7) is 4.72. The van der Waals surface area contributed by atoms with Gasteiger partial charge in [-0.05, 0) is 25.8 Å². The smallest absolute Gasteiger partial charge is 0.262 e. The highest BCUT2D eigenvalue weighted by Crippen LogP contribution is 2.27. The van der Waals surface area contributed by atoms with Gasteiger partial charge in [0, 0.05) is 27.3 Å². The molecular formula is C14H19N3O3S. The molecule has 6 nitrogen and oxygen atoms in total. The number of methoxy groups -OCH3 is 1. The Kier molecular flexibility index (Phi) is 4.74. The number of carbonyl (C=O) groups excluding carboxylic acids is 1. The SMILES string of the molecule is COCCCNC(=O)c1sc2nc(C)n(C)c(=O)c2c1C. The molecule has 0 spiro atoms. The van der Waals surface area contributed by atoms with Crippen molar-refractivity contribution in [3.63, 3.8) is 0 Å². The number of nitrogens with zero attached hydrogens (tertiary/aromatic N) is 2. The van der Waals surface area contributed by atoms with E-state index in [4.69, 9.17) is 4.74 Å². The third-order valence-corrected chi connectivity index (χ3v) is 4.60. The van der Waals surface area contributed by atoms with Gasteiger partial charge in [-0.2, -0.15) is 0 Å². The summed E-state index contributed by atoms with van der Waals surface area (Å²) in [5.41, 5.74) is 0.594. The second-order valence-electron chi connectivity index (χ2n) is 4.86. The molecule has 2 heterocycles. The first-order valence-corrected chi connectivity index (χ1v) is 7.53. The summed E-state index contributed by atoms with van der Waals surface area (Å²) < 4.78 is 6.44. The average Bonchev–Trinajstić information content (AvgIpc) is 2.78. The van der Waals surface area contributed by atoms with Crippen molar-refractivity contribution >= 4 is 27.5 Å². The van der Waals surface area contributed by atoms with Gasteiger partial charge in [-0.3, -0.25) is 14.2 Å². The predicted molar refractivity (Wildman–Crippen MR) is 83.2 cm³/mol. The Balaban J connectivity index is 2.34. The molecule has 0 bridgehead atoms. The van der Waals surface area contributed by atoms with E-state index in [2.05, 4.69) is 10.3 Å². The van der Waals surface area contributed by atoms with E-state index in [1.54, 1.807) is 28.0 Å². The average molecular weight is 309 g/mol. The summed E-state index contributed by atoms with van der Waals surface area (Å²) in [7, 11) is 3.31. The van der Waals surface area contributed by atoms with Crippen LogP contribution < -0.4 is 10.9 Å². The van der Waals surface area contributed by atoms with E-state index in [-0.39, 0.29) is 11.5 Å². The largest absolute Gasteiger partial charge is 0.385 e. The summed E-state index contributed by atoms with van der Waals surface area (Å²) in [6, 6.07) is 0. The molecule has 0 fully saturated rings. The van der Waals surface area contributed by atoms with E-state index in [0.29, 0.717) is 39.6 Å². The van der Waals surface area contributed by atoms with Crippen LogP contribution in [0.15, 0.2) is 4.79 Å². The highest BCUT2D eigenvalue weighted by molar-refractivity contribution is 7.20. The minimum Gasteiger partial charge on any atom is -0.385 e. The van der Waals surface area contributed by atoms with Crippen molar-refractivity contribution in [3.05, 3.63) is 26.6 Å². The number of fused-ring (bicyclic) bond motifs is 1. The van der Waals surface area contributed by atoms with Gasteiger partial charge in [0.05, 0.1) is 10.3 Å². The van der Waals surface area contributed by atoms with Crippen LogP contribution in [-0.4, -0.2) is 35.7 Å². The summed E-state index contributed by atoms with van der Waals surface area (Å²) in [5.74, 6) is 0.479. The lowest BCUT2D eigenvalue weighted by molar-refractivity contribution is 0.0952. The molecule has 0 unspecified atom stereocenters. The third-order valence-electron chi connectivity index (χ3n) is 3.41. The van der Waals surface area contributed by atoms with Crippen LogP contribution in [0.3, 0.4) is 0 Å². The van der Waals surface area contributed by atoms with Crippen molar-refractivity contribution in [2.45, 2.75) is 20.3 Å². The normalized spacial score (nSPS) is 11.0. The van der Waals surface area contributed by atoms with E-state index >= 15 is 0 Å². The van der Waals surface area contributed by atoms with Crippen molar-refractivity contribution < 1.29 is 9.53 Å². The standard InChI is InChI=1S/C14H19N3O3S/c1-8-10-13(16-9(2)17(3)14(10)19)21-11(8)12(18)15-6-5-7-20-4/h5-7H2,1-4H3,(H,15,18). The molecular weight excluding hydrogens is 290 g/mol. The summed E-state index contributed by atoms with van der Waals surface area (Å²) in [5, 5.41) is 3.38. The number of nitrogens with one attached hydrogen (secondary N) is 1. The number of ether oxygens (including phenoxy) is 1. The summed E-state index contributed by atoms with van der Waals surface area (Å²) in [6.07, 6.45) is 0.755. The van der Waals surface area contributed by atoms with Crippen LogP contribution in [0.25, 0.3) is 10.2 Å². The van der Waals surface area contributed by atoms with E-state index in [1.807, 2.05) is 0 Å². The number of rotatable bonds is 5. The number of aromatic nitrogens is 2. The van der Waals surface area contributed by atoms with Gasteiger partial charge < -0.3 is 10.1 Å². The summed E-state index contributed by atoms with van der Waals surface area (Å²) in [4.78, 5) is 30.1. The maximum atomic E-state index is 12.3. The first-order valence-electron chi connectivity index (χ1n) is 6.71. The minimum atomic E-state index is -0.161. The third kappa shape index (κ3) is 2.98. The number of hydrogen-bond acceptors (Lipinski definition) is 5. The molecule has 1 amide bonds. The second-order valence-corrected chi connectivity index (χ2v) is 5.86. The van der Waals surface area contributed by atoms with Crippen LogP contribution in [-0.2, 0) is 11.8 Å². The Hall–Kier alpha value is -1.73.